The van der Waals surface area contributed by atoms with Crippen molar-refractivity contribution < 1.29 is 9.18 Å². The van der Waals surface area contributed by atoms with Gasteiger partial charge < -0.3 is 5.32 Å². The maximum Gasteiger partial charge on any atom is 0.234 e. The van der Waals surface area contributed by atoms with E-state index in [0.29, 0.717) is 15.7 Å². The van der Waals surface area contributed by atoms with Gasteiger partial charge in [-0.25, -0.2) is 4.39 Å². The molecule has 2 rings (SSSR count). The van der Waals surface area contributed by atoms with Gasteiger partial charge in [-0.3, -0.25) is 4.79 Å². The lowest BCUT2D eigenvalue weighted by molar-refractivity contribution is -0.119. The molecule has 0 bridgehead atoms. The van der Waals surface area contributed by atoms with Crippen LogP contribution < -0.4 is 5.32 Å². The fourth-order valence-electron chi connectivity index (χ4n) is 1.59. The van der Waals surface area contributed by atoms with E-state index in [0.717, 1.165) is 0 Å². The third kappa shape index (κ3) is 1.98. The molecule has 0 aliphatic carbocycles. The van der Waals surface area contributed by atoms with E-state index in [1.807, 2.05) is 13.8 Å². The highest BCUT2D eigenvalue weighted by Gasteiger charge is 2.39. The Balaban J connectivity index is 0.000000606. The molecule has 1 heterocycles. The van der Waals surface area contributed by atoms with Gasteiger partial charge in [0.25, 0.3) is 0 Å². The van der Waals surface area contributed by atoms with E-state index >= 15 is 0 Å². The first-order chi connectivity index (χ1) is 7.43. The second-order valence-electron chi connectivity index (χ2n) is 3.89. The Morgan fingerprint density at radius 1 is 1.31 bits per heavy atom. The van der Waals surface area contributed by atoms with Crippen LogP contribution in [0.4, 0.5) is 10.1 Å². The summed E-state index contributed by atoms with van der Waals surface area (Å²) in [5.74, 6) is -0.558. The summed E-state index contributed by atoms with van der Waals surface area (Å²) in [5.41, 5.74) is 0.359. The zero-order valence-electron chi connectivity index (χ0n) is 9.82. The molecule has 0 aromatic heterocycles. The number of nitrogens with one attached hydrogen (secondary N) is 1. The fourth-order valence-corrected chi connectivity index (χ4v) is 2.02. The highest BCUT2D eigenvalue weighted by atomic mass is 79.9. The first kappa shape index (κ1) is 13.2. The molecule has 1 aromatic rings. The van der Waals surface area contributed by atoms with E-state index in [4.69, 9.17) is 0 Å². The molecule has 0 saturated heterocycles. The Hall–Kier alpha value is -0.900. The lowest BCUT2D eigenvalue weighted by Crippen LogP contribution is -2.26. The van der Waals surface area contributed by atoms with Gasteiger partial charge in [-0.2, -0.15) is 0 Å². The van der Waals surface area contributed by atoms with Crippen LogP contribution in [0.25, 0.3) is 0 Å². The largest absolute Gasteiger partial charge is 0.323 e. The van der Waals surface area contributed by atoms with E-state index in [9.17, 15) is 9.18 Å². The summed E-state index contributed by atoms with van der Waals surface area (Å²) in [6, 6.07) is 3.12. The second-order valence-corrected chi connectivity index (χ2v) is 4.80. The number of carbonyl (C=O) groups is 1. The van der Waals surface area contributed by atoms with Crippen molar-refractivity contribution in [1.82, 2.24) is 0 Å². The number of hydrogen-bond donors (Lipinski definition) is 1. The Bertz CT molecular complexity index is 429. The minimum atomic E-state index is -0.653. The average Bonchev–Trinajstić information content (AvgIpc) is 2.44. The summed E-state index contributed by atoms with van der Waals surface area (Å²) in [6.07, 6.45) is 0. The zero-order chi connectivity index (χ0) is 12.5. The van der Waals surface area contributed by atoms with Crippen molar-refractivity contribution in [2.24, 2.45) is 0 Å². The highest BCUT2D eigenvalue weighted by Crippen LogP contribution is 2.40. The van der Waals surface area contributed by atoms with Crippen LogP contribution >= 0.6 is 15.9 Å². The average molecular weight is 288 g/mol. The molecule has 1 amide bonds. The standard InChI is InChI=1S/C10H9BrFNO.C2H6/c1-10(2)6-3-5(11)4-7(12)8(6)13-9(10)14;1-2/h3-4H,1-2H3,(H,13,14);1-2H3. The van der Waals surface area contributed by atoms with E-state index in [-0.39, 0.29) is 5.91 Å². The highest BCUT2D eigenvalue weighted by molar-refractivity contribution is 9.10. The number of hydrogen-bond acceptors (Lipinski definition) is 1. The molecule has 1 aliphatic rings. The quantitative estimate of drug-likeness (QED) is 0.772. The summed E-state index contributed by atoms with van der Waals surface area (Å²) in [5, 5.41) is 2.55. The van der Waals surface area contributed by atoms with Crippen molar-refractivity contribution in [1.29, 1.82) is 0 Å². The lowest BCUT2D eigenvalue weighted by Gasteiger charge is -2.14. The monoisotopic (exact) mass is 287 g/mol. The predicted molar refractivity (Wildman–Crippen MR) is 67.1 cm³/mol. The van der Waals surface area contributed by atoms with Crippen LogP contribution in [0.1, 0.15) is 33.3 Å². The number of benzene rings is 1. The first-order valence-electron chi connectivity index (χ1n) is 5.24. The first-order valence-corrected chi connectivity index (χ1v) is 6.03. The van der Waals surface area contributed by atoms with Crippen LogP contribution in [-0.4, -0.2) is 5.91 Å². The van der Waals surface area contributed by atoms with Gasteiger partial charge in [0.05, 0.1) is 11.1 Å². The Labute approximate surface area is 103 Å². The topological polar surface area (TPSA) is 29.1 Å². The molecule has 0 fully saturated rings. The van der Waals surface area contributed by atoms with Crippen molar-refractivity contribution in [3.63, 3.8) is 0 Å². The van der Waals surface area contributed by atoms with Crippen molar-refractivity contribution in [2.75, 3.05) is 5.32 Å². The van der Waals surface area contributed by atoms with Gasteiger partial charge in [-0.1, -0.05) is 29.8 Å². The summed E-state index contributed by atoms with van der Waals surface area (Å²) >= 11 is 3.21. The number of anilines is 1. The van der Waals surface area contributed by atoms with E-state index < -0.39 is 11.2 Å². The lowest BCUT2D eigenvalue weighted by atomic mass is 9.86. The van der Waals surface area contributed by atoms with Gasteiger partial charge in [0, 0.05) is 4.47 Å². The summed E-state index contributed by atoms with van der Waals surface area (Å²) in [7, 11) is 0. The molecule has 2 nitrogen and oxygen atoms in total. The molecule has 0 atom stereocenters. The Kier molecular flexibility index (Phi) is 3.73. The summed E-state index contributed by atoms with van der Waals surface area (Å²) in [4.78, 5) is 11.5. The number of rotatable bonds is 0. The van der Waals surface area contributed by atoms with Gasteiger partial charge in [-0.05, 0) is 31.5 Å². The minimum Gasteiger partial charge on any atom is -0.323 e. The van der Waals surface area contributed by atoms with E-state index in [1.165, 1.54) is 6.07 Å². The number of fused-ring (bicyclic) bond motifs is 1. The third-order valence-corrected chi connectivity index (χ3v) is 2.99. The van der Waals surface area contributed by atoms with Crippen LogP contribution in [0.5, 0.6) is 0 Å². The minimum absolute atomic E-state index is 0.162. The normalized spacial score (nSPS) is 16.0. The van der Waals surface area contributed by atoms with Crippen LogP contribution in [0.15, 0.2) is 16.6 Å². The van der Waals surface area contributed by atoms with Crippen molar-refractivity contribution in [3.05, 3.63) is 28.0 Å². The van der Waals surface area contributed by atoms with Gasteiger partial charge in [0.15, 0.2) is 0 Å². The van der Waals surface area contributed by atoms with Crippen molar-refractivity contribution in [3.8, 4) is 0 Å². The molecule has 4 heteroatoms. The van der Waals surface area contributed by atoms with Crippen molar-refractivity contribution in [2.45, 2.75) is 33.1 Å². The molecule has 0 saturated carbocycles. The smallest absolute Gasteiger partial charge is 0.234 e. The second kappa shape index (κ2) is 4.53. The van der Waals surface area contributed by atoms with Crippen LogP contribution in [0.3, 0.4) is 0 Å². The molecule has 1 aromatic carbocycles. The van der Waals surface area contributed by atoms with Gasteiger partial charge in [-0.15, -0.1) is 0 Å². The number of amides is 1. The maximum absolute atomic E-state index is 13.4. The fraction of sp³-hybridized carbons (Fsp3) is 0.417. The van der Waals surface area contributed by atoms with Crippen LogP contribution in [0, 0.1) is 5.82 Å². The Morgan fingerprint density at radius 2 is 1.88 bits per heavy atom. The van der Waals surface area contributed by atoms with Gasteiger partial charge >= 0.3 is 0 Å². The third-order valence-electron chi connectivity index (χ3n) is 2.53. The predicted octanol–water partition coefficient (Wildman–Crippen LogP) is 3.84. The number of carbonyl (C=O) groups excluding carboxylic acids is 1. The summed E-state index contributed by atoms with van der Waals surface area (Å²) in [6.45, 7) is 7.56. The maximum atomic E-state index is 13.4. The molecular formula is C12H15BrFNO. The van der Waals surface area contributed by atoms with Crippen LogP contribution in [0.2, 0.25) is 0 Å². The zero-order valence-corrected chi connectivity index (χ0v) is 11.4. The molecule has 16 heavy (non-hydrogen) atoms. The molecular weight excluding hydrogens is 273 g/mol. The van der Waals surface area contributed by atoms with Gasteiger partial charge in [0.2, 0.25) is 5.91 Å². The molecule has 0 spiro atoms. The van der Waals surface area contributed by atoms with E-state index in [1.54, 1.807) is 19.9 Å². The van der Waals surface area contributed by atoms with Crippen LogP contribution in [-0.2, 0) is 10.2 Å². The molecule has 0 unspecified atom stereocenters. The molecule has 1 N–H and O–H groups in total. The van der Waals surface area contributed by atoms with Crippen molar-refractivity contribution >= 4 is 27.5 Å². The van der Waals surface area contributed by atoms with Gasteiger partial charge in [0.1, 0.15) is 5.82 Å². The molecule has 0 radical (unpaired) electrons. The summed E-state index contributed by atoms with van der Waals surface area (Å²) < 4.78 is 14.1. The Morgan fingerprint density at radius 3 is 2.44 bits per heavy atom. The molecule has 88 valence electrons. The molecule has 1 aliphatic heterocycles. The van der Waals surface area contributed by atoms with E-state index in [2.05, 4.69) is 21.2 Å². The number of halogens is 2. The SMILES string of the molecule is CC.CC1(C)C(=O)Nc2c(F)cc(Br)cc21.